The van der Waals surface area contributed by atoms with Gasteiger partial charge in [-0.25, -0.2) is 0 Å². The monoisotopic (exact) mass is 790 g/mol. The summed E-state index contributed by atoms with van der Waals surface area (Å²) in [6.07, 6.45) is 4.72. The summed E-state index contributed by atoms with van der Waals surface area (Å²) < 4.78 is 21.3. The average molecular weight is 791 g/mol. The van der Waals surface area contributed by atoms with Gasteiger partial charge in [-0.15, -0.1) is 0 Å². The van der Waals surface area contributed by atoms with E-state index in [1.54, 1.807) is 36.4 Å². The van der Waals surface area contributed by atoms with Gasteiger partial charge >= 0.3 is 284 Å². The van der Waals surface area contributed by atoms with Crippen molar-refractivity contribution in [2.24, 2.45) is 0 Å². The van der Waals surface area contributed by atoms with Crippen LogP contribution in [0.25, 0.3) is 0 Å². The fourth-order valence-corrected chi connectivity index (χ4v) is 7.85. The summed E-state index contributed by atoms with van der Waals surface area (Å²) in [4.78, 5) is 43.4. The van der Waals surface area contributed by atoms with Crippen molar-refractivity contribution in [2.45, 2.75) is 118 Å². The van der Waals surface area contributed by atoms with E-state index in [-0.39, 0.29) is 33.5 Å². The van der Waals surface area contributed by atoms with Crippen molar-refractivity contribution < 1.29 is 58.3 Å². The van der Waals surface area contributed by atoms with Crippen molar-refractivity contribution in [1.82, 2.24) is 0 Å². The van der Waals surface area contributed by atoms with E-state index in [0.717, 1.165) is 48.8 Å². The van der Waals surface area contributed by atoms with Gasteiger partial charge in [-0.2, -0.15) is 0 Å². The third kappa shape index (κ3) is 14.7. The Morgan fingerprint density at radius 3 is 0.962 bits per heavy atom. The van der Waals surface area contributed by atoms with Gasteiger partial charge in [0.25, 0.3) is 0 Å². The Balaban J connectivity index is 0.00000153. The fraction of sp³-hybridized carbons (Fsp3) is 0.514. The van der Waals surface area contributed by atoms with Crippen molar-refractivity contribution in [3.8, 4) is 34.5 Å². The van der Waals surface area contributed by atoms with E-state index in [4.69, 9.17) is 42.9 Å². The molecule has 0 unspecified atom stereocenters. The molecule has 9 N–H and O–H groups in total. The van der Waals surface area contributed by atoms with Crippen LogP contribution >= 0.6 is 25.1 Å². The first-order chi connectivity index (χ1) is 24.0. The van der Waals surface area contributed by atoms with Crippen molar-refractivity contribution in [1.29, 1.82) is 0 Å². The van der Waals surface area contributed by atoms with E-state index in [1.807, 2.05) is 18.2 Å². The molecule has 0 aliphatic rings. The van der Waals surface area contributed by atoms with Crippen LogP contribution < -0.4 is 13.6 Å². The minimum absolute atomic E-state index is 0.174. The molecule has 0 radical (unpaired) electrons. The molecule has 12 nitrogen and oxygen atoms in total. The number of hydrogen-bond donors (Lipinski definition) is 9. The summed E-state index contributed by atoms with van der Waals surface area (Å²) in [6, 6.07) is 15.7. The largest absolute Gasteiger partial charge is 0.328 e. The molecule has 0 saturated carbocycles. The molecule has 0 aromatic heterocycles. The summed E-state index contributed by atoms with van der Waals surface area (Å²) in [5.41, 5.74) is 1.75. The van der Waals surface area contributed by atoms with Gasteiger partial charge in [0, 0.05) is 0 Å². The van der Waals surface area contributed by atoms with Crippen LogP contribution in [0.3, 0.4) is 0 Å². The van der Waals surface area contributed by atoms with Crippen molar-refractivity contribution >= 4 is 25.1 Å². The van der Waals surface area contributed by atoms with E-state index in [0.29, 0.717) is 23.4 Å². The zero-order chi connectivity index (χ0) is 40.1. The van der Waals surface area contributed by atoms with Gasteiger partial charge in [0.2, 0.25) is 0 Å². The fourth-order valence-electron chi connectivity index (χ4n) is 5.09. The van der Waals surface area contributed by atoms with Crippen LogP contribution in [0, 0.1) is 0 Å². The summed E-state index contributed by atoms with van der Waals surface area (Å²) in [5, 5.41) is 31.5. The Kier molecular flexibility index (Phi) is 19.0. The zero-order valence-electron chi connectivity index (χ0n) is 32.1. The van der Waals surface area contributed by atoms with Gasteiger partial charge in [0.1, 0.15) is 0 Å². The molecule has 0 bridgehead atoms. The number of benzene rings is 3. The van der Waals surface area contributed by atoms with E-state index >= 15 is 0 Å². The Morgan fingerprint density at radius 1 is 0.500 bits per heavy atom. The second-order valence-corrected chi connectivity index (χ2v) is 17.9. The predicted molar refractivity (Wildman–Crippen MR) is 211 cm³/mol. The third-order valence-electron chi connectivity index (χ3n) is 9.36. The van der Waals surface area contributed by atoms with E-state index in [9.17, 15) is 15.3 Å². The summed E-state index contributed by atoms with van der Waals surface area (Å²) in [5.74, 6) is 2.36. The molecule has 3 aromatic carbocycles. The summed E-state index contributed by atoms with van der Waals surface area (Å²) in [7, 11) is -8.95. The van der Waals surface area contributed by atoms with Gasteiger partial charge < -0.3 is 29.4 Å². The number of unbranched alkanes of at least 4 members (excludes halogenated alkanes) is 1. The maximum atomic E-state index is 10.5. The molecule has 52 heavy (non-hydrogen) atoms. The smallest absolute Gasteiger partial charge is 0.324 e. The molecule has 296 valence electrons. The number of aromatic hydroxyl groups is 3. The van der Waals surface area contributed by atoms with Crippen molar-refractivity contribution in [2.75, 3.05) is 6.16 Å². The molecule has 0 atom stereocenters. The van der Waals surface area contributed by atoms with Gasteiger partial charge in [-0.1, -0.05) is 0 Å². The van der Waals surface area contributed by atoms with Gasteiger partial charge in [0.15, 0.2) is 0 Å². The maximum absolute atomic E-state index is 10.5. The van der Waals surface area contributed by atoms with Gasteiger partial charge in [-0.3, -0.25) is 0 Å². The molecule has 0 fully saturated rings. The zero-order valence-corrected chi connectivity index (χ0v) is 34.9. The standard InChI is InChI=1S/C37H55O6P.2H3O3P/c1-11-15-22-44(41-32-19-16-26(38)23-29(32)35(5,6)12-2,42-33-20-17-27(39)24-30(33)36(7,8)13-3)43-34-21-18-28(40)25-31(34)37(9,10)14-4;2*1-4(2)3/h16-21,23-25,38-40,44H,11-15,22H2,1-10H3;2*1-3H. The number of rotatable bonds is 15. The van der Waals surface area contributed by atoms with Crippen LogP contribution in [0.5, 0.6) is 34.5 Å². The van der Waals surface area contributed by atoms with Crippen LogP contribution in [0.15, 0.2) is 54.6 Å². The van der Waals surface area contributed by atoms with Gasteiger partial charge in [-0.05, 0) is 0 Å². The first-order valence-corrected chi connectivity index (χ1v) is 21.6. The Bertz CT molecular complexity index is 1360. The molecule has 15 heteroatoms. The molecule has 0 heterocycles. The second-order valence-electron chi connectivity index (χ2n) is 14.4. The Morgan fingerprint density at radius 2 is 0.750 bits per heavy atom. The molecule has 0 saturated heterocycles. The molecule has 0 aliphatic heterocycles. The topological polar surface area (TPSA) is 210 Å². The van der Waals surface area contributed by atoms with Crippen LogP contribution in [-0.4, -0.2) is 50.8 Å². The molecule has 0 aliphatic carbocycles. The maximum Gasteiger partial charge on any atom is 0.324 e. The third-order valence-corrected chi connectivity index (χ3v) is 11.9. The molecule has 3 aromatic rings. The number of hydrogen-bond acceptors (Lipinski definition) is 12. The van der Waals surface area contributed by atoms with Crippen LogP contribution in [0.4, 0.5) is 0 Å². The van der Waals surface area contributed by atoms with Crippen LogP contribution in [0.1, 0.15) is 118 Å². The van der Waals surface area contributed by atoms with E-state index in [1.165, 1.54) is 0 Å². The second kappa shape index (κ2) is 20.8. The summed E-state index contributed by atoms with van der Waals surface area (Å²) in [6.45, 7) is 21.3. The SMILES string of the molecule is CCCC[PH](Oc1ccc(O)cc1C(C)(C)CC)(Oc1ccc(O)cc1C(C)(C)CC)Oc1ccc(O)cc1C(C)(C)CC.OP(O)O.OP(O)O. The first kappa shape index (κ1) is 47.5. The van der Waals surface area contributed by atoms with Crippen molar-refractivity contribution in [3.63, 3.8) is 0 Å². The minimum atomic E-state index is -3.70. The Labute approximate surface area is 312 Å². The van der Waals surface area contributed by atoms with Crippen LogP contribution in [0.2, 0.25) is 0 Å². The minimum Gasteiger partial charge on any atom is -0.328 e. The first-order valence-electron chi connectivity index (χ1n) is 17.3. The number of phenols is 3. The normalized spacial score (nSPS) is 12.4. The molecule has 0 amide bonds. The van der Waals surface area contributed by atoms with E-state index < -0.39 is 25.1 Å². The van der Waals surface area contributed by atoms with E-state index in [2.05, 4.69) is 69.2 Å². The molecule has 0 spiro atoms. The molecular weight excluding hydrogens is 729 g/mol. The molecule has 3 rings (SSSR count). The summed E-state index contributed by atoms with van der Waals surface area (Å²) >= 11 is 0. The average Bonchev–Trinajstić information content (AvgIpc) is 3.05. The Hall–Kier alpha value is -2.49. The molecular formula is C37H61O12P3. The van der Waals surface area contributed by atoms with Crippen LogP contribution in [-0.2, 0) is 16.2 Å². The predicted octanol–water partition coefficient (Wildman–Crippen LogP) is 9.08. The number of phenolic OH excluding ortho intramolecular Hbond substituents is 3. The van der Waals surface area contributed by atoms with Crippen molar-refractivity contribution in [3.05, 3.63) is 71.3 Å². The quantitative estimate of drug-likeness (QED) is 0.0661. The van der Waals surface area contributed by atoms with Gasteiger partial charge in [0.05, 0.1) is 0 Å².